The molecule has 3 aliphatic heterocycles. The third kappa shape index (κ3) is 6.13. The van der Waals surface area contributed by atoms with Crippen molar-refractivity contribution in [2.75, 3.05) is 19.7 Å². The normalized spacial score (nSPS) is 16.2. The molecule has 3 aromatic carbocycles. The first-order valence-electron chi connectivity index (χ1n) is 15.2. The summed E-state index contributed by atoms with van der Waals surface area (Å²) >= 11 is 0. The number of amides is 2. The van der Waals surface area contributed by atoms with Gasteiger partial charge in [-0.15, -0.1) is 0 Å². The molecule has 10 nitrogen and oxygen atoms in total. The maximum atomic E-state index is 13.9. The molecule has 1 aromatic heterocycles. The van der Waals surface area contributed by atoms with Gasteiger partial charge in [-0.05, 0) is 92.8 Å². The maximum absolute atomic E-state index is 13.9. The predicted molar refractivity (Wildman–Crippen MR) is 167 cm³/mol. The zero-order valence-corrected chi connectivity index (χ0v) is 25.6. The number of carbonyl (C=O) groups is 3. The Balaban J connectivity index is 1.34. The van der Waals surface area contributed by atoms with Crippen LogP contribution < -0.4 is 14.8 Å². The Kier molecular flexibility index (Phi) is 8.30. The van der Waals surface area contributed by atoms with Gasteiger partial charge in [0.1, 0.15) is 23.0 Å². The smallest absolute Gasteiger partial charge is 0.255 e. The van der Waals surface area contributed by atoms with Crippen LogP contribution in [0, 0.1) is 13.8 Å². The number of rotatable bonds is 4. The molecule has 0 fully saturated rings. The molecule has 2 amide bonds. The molecule has 232 valence electrons. The molecular formula is C35H36N4O6. The van der Waals surface area contributed by atoms with Crippen molar-refractivity contribution in [2.45, 2.75) is 52.6 Å². The highest BCUT2D eigenvalue weighted by Crippen LogP contribution is 2.39. The van der Waals surface area contributed by atoms with Gasteiger partial charge in [-0.25, -0.2) is 0 Å². The molecule has 2 N–H and O–H groups in total. The number of ketones is 1. The quantitative estimate of drug-likeness (QED) is 0.302. The number of benzene rings is 3. The molecular weight excluding hydrogens is 572 g/mol. The average Bonchev–Trinajstić information content (AvgIpc) is 3.32. The van der Waals surface area contributed by atoms with E-state index in [2.05, 4.69) is 10.4 Å². The van der Waals surface area contributed by atoms with Crippen molar-refractivity contribution < 1.29 is 29.0 Å². The van der Waals surface area contributed by atoms with Gasteiger partial charge in [0.05, 0.1) is 29.5 Å². The van der Waals surface area contributed by atoms with Crippen LogP contribution >= 0.6 is 0 Å². The van der Waals surface area contributed by atoms with E-state index in [1.165, 1.54) is 19.1 Å². The number of aryl methyl sites for hydroxylation is 2. The van der Waals surface area contributed by atoms with Crippen molar-refractivity contribution in [3.63, 3.8) is 0 Å². The summed E-state index contributed by atoms with van der Waals surface area (Å²) in [7, 11) is 0. The van der Waals surface area contributed by atoms with Crippen LogP contribution in [0.2, 0.25) is 0 Å². The largest absolute Gasteiger partial charge is 0.507 e. The van der Waals surface area contributed by atoms with E-state index in [1.807, 2.05) is 61.2 Å². The molecule has 7 rings (SSSR count). The Morgan fingerprint density at radius 1 is 1.04 bits per heavy atom. The molecule has 10 heteroatoms. The summed E-state index contributed by atoms with van der Waals surface area (Å²) in [6.07, 6.45) is 1.42. The summed E-state index contributed by atoms with van der Waals surface area (Å²) in [4.78, 5) is 40.7. The van der Waals surface area contributed by atoms with E-state index in [0.717, 1.165) is 22.4 Å². The van der Waals surface area contributed by atoms with Crippen molar-refractivity contribution in [3.8, 4) is 23.0 Å². The van der Waals surface area contributed by atoms with Gasteiger partial charge in [-0.3, -0.25) is 19.1 Å². The van der Waals surface area contributed by atoms with Gasteiger partial charge in [-0.2, -0.15) is 5.10 Å². The van der Waals surface area contributed by atoms with Crippen LogP contribution in [0.4, 0.5) is 0 Å². The lowest BCUT2D eigenvalue weighted by molar-refractivity contribution is -0.133. The molecule has 0 spiro atoms. The van der Waals surface area contributed by atoms with Gasteiger partial charge in [0.25, 0.3) is 5.91 Å². The van der Waals surface area contributed by atoms with Crippen LogP contribution in [0.25, 0.3) is 0 Å². The van der Waals surface area contributed by atoms with Gasteiger partial charge in [0.15, 0.2) is 5.78 Å². The molecule has 4 aromatic rings. The Labute approximate surface area is 261 Å². The van der Waals surface area contributed by atoms with Crippen molar-refractivity contribution >= 4 is 17.6 Å². The fourth-order valence-corrected chi connectivity index (χ4v) is 6.29. The Morgan fingerprint density at radius 2 is 1.84 bits per heavy atom. The minimum atomic E-state index is -0.392. The number of ether oxygens (including phenoxy) is 2. The van der Waals surface area contributed by atoms with Crippen LogP contribution in [0.3, 0.4) is 0 Å². The zero-order valence-electron chi connectivity index (χ0n) is 25.6. The average molecular weight is 609 g/mol. The van der Waals surface area contributed by atoms with Crippen molar-refractivity contribution in [3.05, 3.63) is 99.9 Å². The van der Waals surface area contributed by atoms with E-state index in [-0.39, 0.29) is 35.5 Å². The third-order valence-electron chi connectivity index (χ3n) is 8.43. The number of carbonyl (C=O) groups excluding carboxylic acids is 3. The second kappa shape index (κ2) is 12.5. The second-order valence-corrected chi connectivity index (χ2v) is 11.5. The number of hydrogen-bond acceptors (Lipinski definition) is 7. The lowest BCUT2D eigenvalue weighted by Gasteiger charge is -2.38. The number of nitrogens with one attached hydrogen (secondary N) is 1. The molecule has 3 aliphatic rings. The highest BCUT2D eigenvalue weighted by molar-refractivity contribution is 5.97. The van der Waals surface area contributed by atoms with E-state index in [1.54, 1.807) is 10.7 Å². The summed E-state index contributed by atoms with van der Waals surface area (Å²) in [5.74, 6) is 1.12. The van der Waals surface area contributed by atoms with Crippen molar-refractivity contribution in [1.82, 2.24) is 20.0 Å². The van der Waals surface area contributed by atoms with Crippen LogP contribution in [0.5, 0.6) is 23.0 Å². The first-order valence-corrected chi connectivity index (χ1v) is 15.2. The van der Waals surface area contributed by atoms with E-state index in [0.29, 0.717) is 67.6 Å². The monoisotopic (exact) mass is 608 g/mol. The molecule has 0 aliphatic carbocycles. The molecule has 0 saturated carbocycles. The van der Waals surface area contributed by atoms with Gasteiger partial charge >= 0.3 is 0 Å². The summed E-state index contributed by atoms with van der Waals surface area (Å²) in [5, 5.41) is 17.7. The molecule has 1 atom stereocenters. The summed E-state index contributed by atoms with van der Waals surface area (Å²) in [5.41, 5.74) is 5.16. The first-order chi connectivity index (χ1) is 21.7. The standard InChI is InChI=1S/C35H36N4O6/c1-21-33(23(3)40)22(2)39(37-21)16-13-32(42)38-15-12-24-18-27-8-10-29(24)34(38)25-6-4-7-26(19-25)44-17-5-14-36-35(43)30-20-28(45-27)9-11-31(30)41/h4,6-11,18-20,34,41H,5,12-17H2,1-3H3,(H,36,43). The minimum absolute atomic E-state index is 0.0104. The van der Waals surface area contributed by atoms with Crippen LogP contribution in [0.15, 0.2) is 60.7 Å². The highest BCUT2D eigenvalue weighted by Gasteiger charge is 2.33. The molecule has 0 saturated heterocycles. The van der Waals surface area contributed by atoms with Gasteiger partial charge in [-0.1, -0.05) is 18.2 Å². The van der Waals surface area contributed by atoms with E-state index in [4.69, 9.17) is 9.47 Å². The first kappa shape index (κ1) is 29.9. The molecule has 0 radical (unpaired) electrons. The Hall–Kier alpha value is -5.12. The fourth-order valence-electron chi connectivity index (χ4n) is 6.29. The van der Waals surface area contributed by atoms with Crippen LogP contribution in [-0.4, -0.2) is 57.1 Å². The molecule has 8 bridgehead atoms. The fraction of sp³-hybridized carbons (Fsp3) is 0.314. The number of phenols is 1. The number of fused-ring (bicyclic) bond motifs is 6. The second-order valence-electron chi connectivity index (χ2n) is 11.5. The summed E-state index contributed by atoms with van der Waals surface area (Å²) < 4.78 is 13.9. The number of Topliss-reactive ketones (excluding diaryl/α,β-unsaturated/α-hetero) is 1. The zero-order chi connectivity index (χ0) is 31.7. The van der Waals surface area contributed by atoms with E-state index >= 15 is 0 Å². The number of hydrogen-bond donors (Lipinski definition) is 2. The van der Waals surface area contributed by atoms with E-state index < -0.39 is 5.91 Å². The Morgan fingerprint density at radius 3 is 2.64 bits per heavy atom. The predicted octanol–water partition coefficient (Wildman–Crippen LogP) is 5.28. The third-order valence-corrected chi connectivity index (χ3v) is 8.43. The van der Waals surface area contributed by atoms with Gasteiger partial charge < -0.3 is 24.8 Å². The Bertz CT molecular complexity index is 1790. The number of nitrogens with zero attached hydrogens (tertiary/aromatic N) is 3. The molecule has 1 unspecified atom stereocenters. The number of phenolic OH excluding ortho intramolecular Hbond substituents is 1. The highest BCUT2D eigenvalue weighted by atomic mass is 16.5. The summed E-state index contributed by atoms with van der Waals surface area (Å²) in [6, 6.07) is 17.8. The number of aromatic hydroxyl groups is 1. The van der Waals surface area contributed by atoms with Crippen molar-refractivity contribution in [2.24, 2.45) is 0 Å². The topological polar surface area (TPSA) is 123 Å². The summed E-state index contributed by atoms with van der Waals surface area (Å²) in [6.45, 7) is 6.82. The molecule has 4 heterocycles. The lowest BCUT2D eigenvalue weighted by Crippen LogP contribution is -2.41. The van der Waals surface area contributed by atoms with Crippen LogP contribution in [-0.2, 0) is 17.8 Å². The minimum Gasteiger partial charge on any atom is -0.507 e. The van der Waals surface area contributed by atoms with Crippen molar-refractivity contribution in [1.29, 1.82) is 0 Å². The lowest BCUT2D eigenvalue weighted by atomic mass is 9.87. The molecule has 45 heavy (non-hydrogen) atoms. The van der Waals surface area contributed by atoms with Gasteiger partial charge in [0.2, 0.25) is 5.91 Å². The van der Waals surface area contributed by atoms with Crippen LogP contribution in [0.1, 0.15) is 74.6 Å². The SMILES string of the molecule is CC(=O)c1c(C)nn(CCC(=O)N2CCc3cc4ccc3C2c2cccc(c2)OCCCNC(=O)c2cc(ccc2O)O4)c1C. The number of aromatic nitrogens is 2. The van der Waals surface area contributed by atoms with Gasteiger partial charge in [0, 0.05) is 31.7 Å². The maximum Gasteiger partial charge on any atom is 0.255 e. The van der Waals surface area contributed by atoms with E-state index in [9.17, 15) is 19.5 Å².